The third-order valence-electron chi connectivity index (χ3n) is 3.58. The summed E-state index contributed by atoms with van der Waals surface area (Å²) in [4.78, 5) is 12.1. The van der Waals surface area contributed by atoms with Crippen molar-refractivity contribution < 1.29 is 4.79 Å². The second kappa shape index (κ2) is 5.83. The molecule has 0 aliphatic rings. The molecule has 0 saturated heterocycles. The van der Waals surface area contributed by atoms with Crippen molar-refractivity contribution in [2.24, 2.45) is 0 Å². The topological polar surface area (TPSA) is 34.0 Å². The predicted molar refractivity (Wildman–Crippen MR) is 85.0 cm³/mol. The van der Waals surface area contributed by atoms with Crippen molar-refractivity contribution in [1.29, 1.82) is 0 Å². The summed E-state index contributed by atoms with van der Waals surface area (Å²) in [5.74, 6) is 0.0258. The molecular formula is C18H18N2O. The number of hydrogen-bond acceptors (Lipinski definition) is 1. The highest BCUT2D eigenvalue weighted by molar-refractivity contribution is 5.83. The van der Waals surface area contributed by atoms with E-state index in [9.17, 15) is 4.79 Å². The van der Waals surface area contributed by atoms with Crippen LogP contribution in [0.25, 0.3) is 10.9 Å². The highest BCUT2D eigenvalue weighted by Gasteiger charge is 2.06. The molecule has 1 heterocycles. The monoisotopic (exact) mass is 278 g/mol. The summed E-state index contributed by atoms with van der Waals surface area (Å²) in [6.45, 7) is 2.98. The molecule has 106 valence electrons. The van der Waals surface area contributed by atoms with Gasteiger partial charge in [0, 0.05) is 18.3 Å². The molecule has 0 fully saturated rings. The number of benzene rings is 2. The maximum Gasteiger partial charge on any atom is 0.240 e. The SMILES string of the molecule is Cc1ccc2ccn(CC(=O)NCc3ccccc3)c2c1. The van der Waals surface area contributed by atoms with E-state index in [0.29, 0.717) is 13.1 Å². The molecule has 3 heteroatoms. The number of aromatic nitrogens is 1. The Bertz CT molecular complexity index is 759. The van der Waals surface area contributed by atoms with E-state index in [1.165, 1.54) is 5.56 Å². The Morgan fingerprint density at radius 2 is 1.90 bits per heavy atom. The van der Waals surface area contributed by atoms with Gasteiger partial charge in [0.2, 0.25) is 5.91 Å². The minimum Gasteiger partial charge on any atom is -0.350 e. The van der Waals surface area contributed by atoms with Gasteiger partial charge in [0.05, 0.1) is 0 Å². The van der Waals surface area contributed by atoms with Crippen molar-refractivity contribution in [3.05, 3.63) is 71.9 Å². The standard InChI is InChI=1S/C18H18N2O/c1-14-7-8-16-9-10-20(17(16)11-14)13-18(21)19-12-15-5-3-2-4-6-15/h2-11H,12-13H2,1H3,(H,19,21). The van der Waals surface area contributed by atoms with Gasteiger partial charge in [0.25, 0.3) is 0 Å². The van der Waals surface area contributed by atoms with Gasteiger partial charge in [-0.15, -0.1) is 0 Å². The summed E-state index contributed by atoms with van der Waals surface area (Å²) in [5, 5.41) is 4.12. The first-order valence-corrected chi connectivity index (χ1v) is 7.08. The maximum atomic E-state index is 12.1. The molecule has 0 bridgehead atoms. The molecule has 3 aromatic rings. The number of rotatable bonds is 4. The third kappa shape index (κ3) is 3.14. The summed E-state index contributed by atoms with van der Waals surface area (Å²) in [6, 6.07) is 18.3. The molecule has 1 aromatic heterocycles. The molecule has 0 aliphatic heterocycles. The van der Waals surface area contributed by atoms with Gasteiger partial charge in [-0.2, -0.15) is 0 Å². The normalized spacial score (nSPS) is 10.7. The van der Waals surface area contributed by atoms with Crippen LogP contribution in [0.3, 0.4) is 0 Å². The van der Waals surface area contributed by atoms with E-state index < -0.39 is 0 Å². The minimum atomic E-state index is 0.0258. The Morgan fingerprint density at radius 1 is 1.10 bits per heavy atom. The van der Waals surface area contributed by atoms with Crippen molar-refractivity contribution >= 4 is 16.8 Å². The van der Waals surface area contributed by atoms with Gasteiger partial charge in [-0.3, -0.25) is 4.79 Å². The van der Waals surface area contributed by atoms with Crippen molar-refractivity contribution in [3.63, 3.8) is 0 Å². The molecule has 1 amide bonds. The van der Waals surface area contributed by atoms with Crippen LogP contribution in [0.15, 0.2) is 60.8 Å². The van der Waals surface area contributed by atoms with Crippen LogP contribution in [0.5, 0.6) is 0 Å². The van der Waals surface area contributed by atoms with E-state index in [1.807, 2.05) is 47.2 Å². The summed E-state index contributed by atoms with van der Waals surface area (Å²) in [5.41, 5.74) is 3.41. The van der Waals surface area contributed by atoms with Gasteiger partial charge in [-0.05, 0) is 35.6 Å². The van der Waals surface area contributed by atoms with Crippen LogP contribution in [-0.2, 0) is 17.9 Å². The zero-order chi connectivity index (χ0) is 14.7. The Morgan fingerprint density at radius 3 is 2.71 bits per heavy atom. The zero-order valence-electron chi connectivity index (χ0n) is 12.0. The van der Waals surface area contributed by atoms with Crippen LogP contribution < -0.4 is 5.32 Å². The number of nitrogens with one attached hydrogen (secondary N) is 1. The van der Waals surface area contributed by atoms with Gasteiger partial charge in [0.15, 0.2) is 0 Å². The van der Waals surface area contributed by atoms with Crippen molar-refractivity contribution in [2.75, 3.05) is 0 Å². The quantitative estimate of drug-likeness (QED) is 0.781. The molecule has 0 spiro atoms. The smallest absolute Gasteiger partial charge is 0.240 e. The first-order valence-electron chi connectivity index (χ1n) is 7.08. The van der Waals surface area contributed by atoms with E-state index >= 15 is 0 Å². The highest BCUT2D eigenvalue weighted by atomic mass is 16.1. The zero-order valence-corrected chi connectivity index (χ0v) is 12.0. The summed E-state index contributed by atoms with van der Waals surface area (Å²) < 4.78 is 1.99. The fourth-order valence-electron chi connectivity index (χ4n) is 2.44. The van der Waals surface area contributed by atoms with Crippen LogP contribution in [-0.4, -0.2) is 10.5 Å². The third-order valence-corrected chi connectivity index (χ3v) is 3.58. The van der Waals surface area contributed by atoms with E-state index in [2.05, 4.69) is 30.4 Å². The summed E-state index contributed by atoms with van der Waals surface area (Å²) in [7, 11) is 0. The Balaban J connectivity index is 1.67. The Hall–Kier alpha value is -2.55. The molecule has 0 saturated carbocycles. The summed E-state index contributed by atoms with van der Waals surface area (Å²) in [6.07, 6.45) is 1.96. The predicted octanol–water partition coefficient (Wildman–Crippen LogP) is 3.27. The molecule has 2 aromatic carbocycles. The molecule has 3 rings (SSSR count). The number of carbonyl (C=O) groups excluding carboxylic acids is 1. The van der Waals surface area contributed by atoms with Gasteiger partial charge in [-0.25, -0.2) is 0 Å². The maximum absolute atomic E-state index is 12.1. The van der Waals surface area contributed by atoms with Gasteiger partial charge in [0.1, 0.15) is 6.54 Å². The van der Waals surface area contributed by atoms with E-state index in [-0.39, 0.29) is 5.91 Å². The highest BCUT2D eigenvalue weighted by Crippen LogP contribution is 2.17. The second-order valence-corrected chi connectivity index (χ2v) is 5.27. The van der Waals surface area contributed by atoms with Crippen LogP contribution in [0, 0.1) is 6.92 Å². The van der Waals surface area contributed by atoms with Crippen LogP contribution in [0.2, 0.25) is 0 Å². The largest absolute Gasteiger partial charge is 0.350 e. The van der Waals surface area contributed by atoms with E-state index in [4.69, 9.17) is 0 Å². The lowest BCUT2D eigenvalue weighted by Crippen LogP contribution is -2.26. The molecule has 0 radical (unpaired) electrons. The molecule has 3 nitrogen and oxygen atoms in total. The molecule has 21 heavy (non-hydrogen) atoms. The van der Waals surface area contributed by atoms with Crippen LogP contribution >= 0.6 is 0 Å². The number of fused-ring (bicyclic) bond motifs is 1. The van der Waals surface area contributed by atoms with Crippen molar-refractivity contribution in [3.8, 4) is 0 Å². The fraction of sp³-hybridized carbons (Fsp3) is 0.167. The van der Waals surface area contributed by atoms with Gasteiger partial charge in [-0.1, -0.05) is 42.5 Å². The average molecular weight is 278 g/mol. The second-order valence-electron chi connectivity index (χ2n) is 5.27. The Kier molecular flexibility index (Phi) is 3.73. The lowest BCUT2D eigenvalue weighted by Gasteiger charge is -2.08. The number of amides is 1. The molecule has 0 aliphatic carbocycles. The first kappa shape index (κ1) is 13.4. The fourth-order valence-corrected chi connectivity index (χ4v) is 2.44. The van der Waals surface area contributed by atoms with Crippen molar-refractivity contribution in [2.45, 2.75) is 20.0 Å². The number of aryl methyl sites for hydroxylation is 1. The van der Waals surface area contributed by atoms with Gasteiger partial charge >= 0.3 is 0 Å². The van der Waals surface area contributed by atoms with Crippen LogP contribution in [0.1, 0.15) is 11.1 Å². The molecule has 1 N–H and O–H groups in total. The van der Waals surface area contributed by atoms with E-state index in [1.54, 1.807) is 0 Å². The van der Waals surface area contributed by atoms with Crippen LogP contribution in [0.4, 0.5) is 0 Å². The first-order chi connectivity index (χ1) is 10.2. The molecular weight excluding hydrogens is 260 g/mol. The molecule has 0 unspecified atom stereocenters. The summed E-state index contributed by atoms with van der Waals surface area (Å²) >= 11 is 0. The van der Waals surface area contributed by atoms with Crippen molar-refractivity contribution in [1.82, 2.24) is 9.88 Å². The minimum absolute atomic E-state index is 0.0258. The average Bonchev–Trinajstić information content (AvgIpc) is 2.88. The van der Waals surface area contributed by atoms with E-state index in [0.717, 1.165) is 16.5 Å². The molecule has 0 atom stereocenters. The number of carbonyl (C=O) groups is 1. The number of nitrogens with zero attached hydrogens (tertiary/aromatic N) is 1. The lowest BCUT2D eigenvalue weighted by molar-refractivity contribution is -0.121. The number of hydrogen-bond donors (Lipinski definition) is 1. The van der Waals surface area contributed by atoms with Gasteiger partial charge < -0.3 is 9.88 Å². The lowest BCUT2D eigenvalue weighted by atomic mass is 10.2. The Labute approximate surface area is 124 Å².